The van der Waals surface area contributed by atoms with Crippen molar-refractivity contribution in [1.29, 1.82) is 0 Å². The monoisotopic (exact) mass is 236 g/mol. The molecule has 0 radical (unpaired) electrons. The van der Waals surface area contributed by atoms with Crippen LogP contribution in [0.4, 0.5) is 0 Å². The van der Waals surface area contributed by atoms with Gasteiger partial charge in [0.2, 0.25) is 0 Å². The second-order valence-electron chi connectivity index (χ2n) is 5.49. The Labute approximate surface area is 103 Å². The lowest BCUT2D eigenvalue weighted by Crippen LogP contribution is -3.16. The molecule has 1 unspecified atom stereocenters. The SMILES string of the molecule is COc1cc2c(cc1OC)CC(C)(C)[NH+](C)C2. The second kappa shape index (κ2) is 4.22. The van der Waals surface area contributed by atoms with Crippen molar-refractivity contribution in [2.75, 3.05) is 21.3 Å². The van der Waals surface area contributed by atoms with E-state index in [0.717, 1.165) is 24.5 Å². The van der Waals surface area contributed by atoms with Gasteiger partial charge in [0.25, 0.3) is 0 Å². The fourth-order valence-corrected chi connectivity index (χ4v) is 2.44. The van der Waals surface area contributed by atoms with E-state index in [1.807, 2.05) is 0 Å². The first-order chi connectivity index (χ1) is 7.97. The predicted molar refractivity (Wildman–Crippen MR) is 67.9 cm³/mol. The van der Waals surface area contributed by atoms with Gasteiger partial charge in [-0.2, -0.15) is 0 Å². The van der Waals surface area contributed by atoms with E-state index in [2.05, 4.69) is 33.0 Å². The summed E-state index contributed by atoms with van der Waals surface area (Å²) in [5.41, 5.74) is 3.05. The van der Waals surface area contributed by atoms with Crippen LogP contribution in [-0.4, -0.2) is 26.8 Å². The van der Waals surface area contributed by atoms with E-state index in [1.54, 1.807) is 14.2 Å². The first-order valence-corrected chi connectivity index (χ1v) is 6.04. The minimum absolute atomic E-state index is 0.284. The Hall–Kier alpha value is -1.22. The van der Waals surface area contributed by atoms with Crippen LogP contribution in [0.1, 0.15) is 25.0 Å². The largest absolute Gasteiger partial charge is 0.493 e. The van der Waals surface area contributed by atoms with Crippen LogP contribution in [0.3, 0.4) is 0 Å². The van der Waals surface area contributed by atoms with Crippen LogP contribution in [0.2, 0.25) is 0 Å². The summed E-state index contributed by atoms with van der Waals surface area (Å²) in [6.07, 6.45) is 1.08. The van der Waals surface area contributed by atoms with Crippen molar-refractivity contribution in [3.8, 4) is 11.5 Å². The normalized spacial score (nSPS) is 21.8. The predicted octanol–water partition coefficient (Wildman–Crippen LogP) is 1.05. The van der Waals surface area contributed by atoms with Crippen LogP contribution < -0.4 is 14.4 Å². The number of likely N-dealkylation sites (N-methyl/N-ethyl adjacent to an activating group) is 1. The number of fused-ring (bicyclic) bond motifs is 1. The smallest absolute Gasteiger partial charge is 0.161 e. The molecule has 0 saturated carbocycles. The number of benzene rings is 1. The van der Waals surface area contributed by atoms with Crippen molar-refractivity contribution >= 4 is 0 Å². The Kier molecular flexibility index (Phi) is 3.04. The highest BCUT2D eigenvalue weighted by atomic mass is 16.5. The van der Waals surface area contributed by atoms with Crippen LogP contribution in [0.25, 0.3) is 0 Å². The van der Waals surface area contributed by atoms with Gasteiger partial charge >= 0.3 is 0 Å². The van der Waals surface area contributed by atoms with E-state index in [-0.39, 0.29) is 5.54 Å². The highest BCUT2D eigenvalue weighted by Crippen LogP contribution is 2.32. The van der Waals surface area contributed by atoms with Gasteiger partial charge in [-0.15, -0.1) is 0 Å². The van der Waals surface area contributed by atoms with Crippen LogP contribution in [-0.2, 0) is 13.0 Å². The standard InChI is InChI=1S/C14H21NO2/c1-14(2)8-10-6-12(16-4)13(17-5)7-11(10)9-15(14)3/h6-7H,8-9H2,1-5H3/p+1. The molecular formula is C14H22NO2+. The Bertz CT molecular complexity index is 426. The van der Waals surface area contributed by atoms with Gasteiger partial charge in [-0.3, -0.25) is 0 Å². The van der Waals surface area contributed by atoms with Crippen LogP contribution >= 0.6 is 0 Å². The fourth-order valence-electron chi connectivity index (χ4n) is 2.44. The summed E-state index contributed by atoms with van der Waals surface area (Å²) in [5, 5.41) is 0. The molecule has 0 saturated heterocycles. The molecular weight excluding hydrogens is 214 g/mol. The van der Waals surface area contributed by atoms with Gasteiger partial charge in [0.05, 0.1) is 26.8 Å². The maximum absolute atomic E-state index is 5.37. The van der Waals surface area contributed by atoms with Crippen molar-refractivity contribution in [2.45, 2.75) is 32.4 Å². The summed E-state index contributed by atoms with van der Waals surface area (Å²) in [7, 11) is 5.63. The second-order valence-corrected chi connectivity index (χ2v) is 5.49. The van der Waals surface area contributed by atoms with Gasteiger partial charge in [-0.1, -0.05) is 0 Å². The maximum Gasteiger partial charge on any atom is 0.161 e. The molecule has 1 aliphatic heterocycles. The van der Waals surface area contributed by atoms with E-state index < -0.39 is 0 Å². The molecule has 17 heavy (non-hydrogen) atoms. The topological polar surface area (TPSA) is 22.9 Å². The summed E-state index contributed by atoms with van der Waals surface area (Å²) in [4.78, 5) is 1.54. The third-order valence-electron chi connectivity index (χ3n) is 3.95. The minimum atomic E-state index is 0.284. The number of ether oxygens (including phenoxy) is 2. The van der Waals surface area contributed by atoms with Crippen molar-refractivity contribution in [1.82, 2.24) is 0 Å². The summed E-state index contributed by atoms with van der Waals surface area (Å²) in [6, 6.07) is 4.25. The lowest BCUT2D eigenvalue weighted by Gasteiger charge is -2.37. The summed E-state index contributed by atoms with van der Waals surface area (Å²) >= 11 is 0. The Morgan fingerprint density at radius 3 is 2.12 bits per heavy atom. The van der Waals surface area contributed by atoms with Crippen molar-refractivity contribution < 1.29 is 14.4 Å². The molecule has 3 nitrogen and oxygen atoms in total. The first kappa shape index (κ1) is 12.2. The number of rotatable bonds is 2. The number of hydrogen-bond acceptors (Lipinski definition) is 2. The average molecular weight is 236 g/mol. The van der Waals surface area contributed by atoms with Crippen LogP contribution in [0.5, 0.6) is 11.5 Å². The third kappa shape index (κ3) is 2.12. The molecule has 0 fully saturated rings. The summed E-state index contributed by atoms with van der Waals surface area (Å²) in [5.74, 6) is 1.67. The summed E-state index contributed by atoms with van der Waals surface area (Å²) in [6.45, 7) is 5.66. The van der Waals surface area contributed by atoms with Gasteiger partial charge in [-0.25, -0.2) is 0 Å². The molecule has 1 aliphatic rings. The molecule has 1 N–H and O–H groups in total. The molecule has 2 rings (SSSR count). The van der Waals surface area contributed by atoms with E-state index in [0.29, 0.717) is 0 Å². The molecule has 1 heterocycles. The number of nitrogens with one attached hydrogen (secondary N) is 1. The molecule has 1 aromatic rings. The van der Waals surface area contributed by atoms with E-state index in [4.69, 9.17) is 9.47 Å². The van der Waals surface area contributed by atoms with Crippen LogP contribution in [0, 0.1) is 0 Å². The zero-order valence-electron chi connectivity index (χ0n) is 11.4. The van der Waals surface area contributed by atoms with Gasteiger partial charge in [-0.05, 0) is 31.5 Å². The third-order valence-corrected chi connectivity index (χ3v) is 3.95. The Balaban J connectivity index is 2.45. The van der Waals surface area contributed by atoms with Gasteiger partial charge in [0.15, 0.2) is 11.5 Å². The van der Waals surface area contributed by atoms with Gasteiger partial charge < -0.3 is 14.4 Å². The zero-order chi connectivity index (χ0) is 12.6. The van der Waals surface area contributed by atoms with E-state index >= 15 is 0 Å². The molecule has 0 aliphatic carbocycles. The Morgan fingerprint density at radius 2 is 1.59 bits per heavy atom. The Morgan fingerprint density at radius 1 is 1.06 bits per heavy atom. The quantitative estimate of drug-likeness (QED) is 0.829. The molecule has 1 aromatic carbocycles. The molecule has 0 amide bonds. The highest BCUT2D eigenvalue weighted by Gasteiger charge is 2.34. The summed E-state index contributed by atoms with van der Waals surface area (Å²) < 4.78 is 10.7. The number of quaternary nitrogens is 1. The molecule has 1 atom stereocenters. The molecule has 0 bridgehead atoms. The number of methoxy groups -OCH3 is 2. The zero-order valence-corrected chi connectivity index (χ0v) is 11.4. The van der Waals surface area contributed by atoms with Crippen molar-refractivity contribution in [3.05, 3.63) is 23.3 Å². The lowest BCUT2D eigenvalue weighted by molar-refractivity contribution is -0.945. The van der Waals surface area contributed by atoms with Gasteiger partial charge in [0, 0.05) is 12.0 Å². The lowest BCUT2D eigenvalue weighted by atomic mass is 9.86. The fraction of sp³-hybridized carbons (Fsp3) is 0.571. The highest BCUT2D eigenvalue weighted by molar-refractivity contribution is 5.48. The number of hydrogen-bond donors (Lipinski definition) is 1. The van der Waals surface area contributed by atoms with Crippen LogP contribution in [0.15, 0.2) is 12.1 Å². The average Bonchev–Trinajstić information content (AvgIpc) is 2.28. The maximum atomic E-state index is 5.37. The molecule has 0 spiro atoms. The van der Waals surface area contributed by atoms with Gasteiger partial charge in [0.1, 0.15) is 6.54 Å². The van der Waals surface area contributed by atoms with E-state index in [1.165, 1.54) is 16.0 Å². The van der Waals surface area contributed by atoms with Crippen molar-refractivity contribution in [3.63, 3.8) is 0 Å². The molecule has 94 valence electrons. The van der Waals surface area contributed by atoms with E-state index in [9.17, 15) is 0 Å². The molecule has 3 heteroatoms. The first-order valence-electron chi connectivity index (χ1n) is 6.04. The minimum Gasteiger partial charge on any atom is -0.493 e. The molecule has 0 aromatic heterocycles. The van der Waals surface area contributed by atoms with Crippen molar-refractivity contribution in [2.24, 2.45) is 0 Å².